The van der Waals surface area contributed by atoms with Gasteiger partial charge in [0.15, 0.2) is 6.67 Å². The lowest BCUT2D eigenvalue weighted by Gasteiger charge is -1.65. The number of rotatable bonds is 0. The molecule has 0 aliphatic carbocycles. The van der Waals surface area contributed by atoms with Gasteiger partial charge in [0, 0.05) is 0 Å². The molecule has 1 aliphatic rings. The summed E-state index contributed by atoms with van der Waals surface area (Å²) in [4.78, 5) is 0. The van der Waals surface area contributed by atoms with Crippen LogP contribution < -0.4 is 5.73 Å². The second-order valence-corrected chi connectivity index (χ2v) is 1.47. The largest absolute Gasteiger partial charge is 0.379 e. The molecule has 9 heavy (non-hydrogen) atoms. The van der Waals surface area contributed by atoms with Crippen molar-refractivity contribution < 1.29 is 0 Å². The van der Waals surface area contributed by atoms with Crippen molar-refractivity contribution in [2.24, 2.45) is 26.4 Å². The summed E-state index contributed by atoms with van der Waals surface area (Å²) in [5, 5.41) is 19.1. The quantitative estimate of drug-likeness (QED) is 0.260. The van der Waals surface area contributed by atoms with E-state index in [-0.39, 0.29) is 5.17 Å². The Labute approximate surface area is 57.1 Å². The Bertz CT molecular complexity index is 124. The first-order valence-corrected chi connectivity index (χ1v) is 2.44. The van der Waals surface area contributed by atoms with Crippen LogP contribution in [-0.2, 0) is 0 Å². The molecule has 0 fully saturated rings. The van der Waals surface area contributed by atoms with Crippen LogP contribution in [0.2, 0.25) is 0 Å². The Morgan fingerprint density at radius 2 is 1.78 bits per heavy atom. The maximum Gasteiger partial charge on any atom is 0.175 e. The summed E-state index contributed by atoms with van der Waals surface area (Å²) in [5.41, 5.74) is 4.56. The molecule has 1 aliphatic heterocycles. The van der Waals surface area contributed by atoms with Crippen LogP contribution in [0.25, 0.3) is 0 Å². The standard InChI is InChI=1S/CH2N4.CH4N2S/c1-2-4-5-3-1;2-1(3)4/h1H2;(H4,2,3,4). The van der Waals surface area contributed by atoms with Crippen molar-refractivity contribution >= 4 is 17.8 Å². The fraction of sp³-hybridized carbons (Fsp3) is 0.500. The molecule has 0 unspecified atom stereocenters. The summed E-state index contributed by atoms with van der Waals surface area (Å²) in [6, 6.07) is 0. The first-order chi connectivity index (χ1) is 4.23. The van der Waals surface area contributed by atoms with Crippen LogP contribution >= 0.6 is 12.6 Å². The summed E-state index contributed by atoms with van der Waals surface area (Å²) < 4.78 is 0. The molecular formula is C2H6N6S. The van der Waals surface area contributed by atoms with Crippen molar-refractivity contribution in [1.82, 2.24) is 0 Å². The number of thiol groups is 1. The van der Waals surface area contributed by atoms with Gasteiger partial charge in [-0.15, -0.1) is 22.9 Å². The minimum Gasteiger partial charge on any atom is -0.379 e. The van der Waals surface area contributed by atoms with Crippen LogP contribution in [0, 0.1) is 5.41 Å². The van der Waals surface area contributed by atoms with Crippen LogP contribution in [0.1, 0.15) is 0 Å². The predicted octanol–water partition coefficient (Wildman–Crippen LogP) is 0.587. The molecule has 0 saturated heterocycles. The number of hydrogen-bond donors (Lipinski definition) is 3. The van der Waals surface area contributed by atoms with Gasteiger partial charge in [-0.1, -0.05) is 0 Å². The van der Waals surface area contributed by atoms with Crippen LogP contribution in [0.15, 0.2) is 20.7 Å². The van der Waals surface area contributed by atoms with E-state index in [1.54, 1.807) is 0 Å². The summed E-state index contributed by atoms with van der Waals surface area (Å²) in [6.07, 6.45) is 0. The zero-order valence-electron chi connectivity index (χ0n) is 4.52. The molecule has 6 nitrogen and oxygen atoms in total. The molecule has 0 saturated carbocycles. The van der Waals surface area contributed by atoms with Gasteiger partial charge in [-0.25, -0.2) is 0 Å². The van der Waals surface area contributed by atoms with Gasteiger partial charge in [0.05, 0.1) is 0 Å². The molecule has 0 radical (unpaired) electrons. The smallest absolute Gasteiger partial charge is 0.175 e. The Kier molecular flexibility index (Phi) is 4.60. The van der Waals surface area contributed by atoms with E-state index in [4.69, 9.17) is 5.41 Å². The van der Waals surface area contributed by atoms with Crippen molar-refractivity contribution in [3.63, 3.8) is 0 Å². The van der Waals surface area contributed by atoms with Gasteiger partial charge in [-0.3, -0.25) is 5.41 Å². The van der Waals surface area contributed by atoms with Gasteiger partial charge in [-0.05, 0) is 10.4 Å². The van der Waals surface area contributed by atoms with Gasteiger partial charge >= 0.3 is 0 Å². The van der Waals surface area contributed by atoms with Crippen molar-refractivity contribution in [3.8, 4) is 0 Å². The number of nitrogens with two attached hydrogens (primary N) is 1. The SMILES string of the molecule is C1N=NN=N1.N=C(N)S. The highest BCUT2D eigenvalue weighted by Crippen LogP contribution is 1.87. The van der Waals surface area contributed by atoms with Crippen LogP contribution in [0.3, 0.4) is 0 Å². The Morgan fingerprint density at radius 1 is 1.44 bits per heavy atom. The van der Waals surface area contributed by atoms with E-state index >= 15 is 0 Å². The van der Waals surface area contributed by atoms with Gasteiger partial charge in [0.25, 0.3) is 0 Å². The molecule has 7 heteroatoms. The normalized spacial score (nSPS) is 12.6. The minimum atomic E-state index is -0.139. The fourth-order valence-electron chi connectivity index (χ4n) is 0.141. The van der Waals surface area contributed by atoms with Gasteiger partial charge in [0.2, 0.25) is 0 Å². The van der Waals surface area contributed by atoms with Crippen LogP contribution in [-0.4, -0.2) is 11.8 Å². The third kappa shape index (κ3) is 10.9. The van der Waals surface area contributed by atoms with Crippen molar-refractivity contribution in [2.45, 2.75) is 0 Å². The highest BCUT2D eigenvalue weighted by molar-refractivity contribution is 7.96. The number of nitrogens with zero attached hydrogens (tertiary/aromatic N) is 4. The lowest BCUT2D eigenvalue weighted by molar-refractivity contribution is 1.05. The average Bonchev–Trinajstić information content (AvgIpc) is 2.11. The molecule has 0 atom stereocenters. The Hall–Kier alpha value is -0.980. The topological polar surface area (TPSA) is 99.3 Å². The predicted molar refractivity (Wildman–Crippen MR) is 35.5 cm³/mol. The van der Waals surface area contributed by atoms with E-state index < -0.39 is 0 Å². The Balaban J connectivity index is 0.000000148. The van der Waals surface area contributed by atoms with Gasteiger partial charge in [-0.2, -0.15) is 0 Å². The molecule has 1 rings (SSSR count). The Morgan fingerprint density at radius 3 is 1.89 bits per heavy atom. The second kappa shape index (κ2) is 5.16. The molecule has 3 N–H and O–H groups in total. The van der Waals surface area contributed by atoms with E-state index in [0.29, 0.717) is 6.67 Å². The summed E-state index contributed by atoms with van der Waals surface area (Å²) in [5.74, 6) is 0. The zero-order chi connectivity index (χ0) is 7.11. The number of hydrogen-bond acceptors (Lipinski definition) is 5. The van der Waals surface area contributed by atoms with Gasteiger partial charge < -0.3 is 5.73 Å². The fourth-order valence-corrected chi connectivity index (χ4v) is 0.141. The molecule has 0 amide bonds. The van der Waals surface area contributed by atoms with E-state index in [1.165, 1.54) is 0 Å². The lowest BCUT2D eigenvalue weighted by atomic mass is 11.2. The van der Waals surface area contributed by atoms with Crippen LogP contribution in [0.5, 0.6) is 0 Å². The van der Waals surface area contributed by atoms with Gasteiger partial charge in [0.1, 0.15) is 5.17 Å². The molecule has 0 bridgehead atoms. The number of nitrogens with one attached hydrogen (secondary N) is 1. The zero-order valence-corrected chi connectivity index (χ0v) is 5.41. The summed E-state index contributed by atoms with van der Waals surface area (Å²) in [6.45, 7) is 0.417. The monoisotopic (exact) mass is 146 g/mol. The summed E-state index contributed by atoms with van der Waals surface area (Å²) >= 11 is 3.33. The molecule has 50 valence electrons. The summed E-state index contributed by atoms with van der Waals surface area (Å²) in [7, 11) is 0. The van der Waals surface area contributed by atoms with E-state index in [0.717, 1.165) is 0 Å². The average molecular weight is 146 g/mol. The highest BCUT2D eigenvalue weighted by atomic mass is 32.1. The first kappa shape index (κ1) is 8.02. The highest BCUT2D eigenvalue weighted by Gasteiger charge is 1.76. The minimum absolute atomic E-state index is 0.139. The van der Waals surface area contributed by atoms with E-state index in [1.807, 2.05) is 0 Å². The molecule has 0 spiro atoms. The molecular weight excluding hydrogens is 140 g/mol. The first-order valence-electron chi connectivity index (χ1n) is 1.99. The maximum absolute atomic E-state index is 6.14. The van der Waals surface area contributed by atoms with Crippen molar-refractivity contribution in [3.05, 3.63) is 0 Å². The van der Waals surface area contributed by atoms with Crippen LogP contribution in [0.4, 0.5) is 0 Å². The second-order valence-electron chi connectivity index (χ2n) is 0.988. The van der Waals surface area contributed by atoms with E-state index in [2.05, 4.69) is 39.0 Å². The lowest BCUT2D eigenvalue weighted by Crippen LogP contribution is -1.96. The molecule has 1 heterocycles. The van der Waals surface area contributed by atoms with Crippen molar-refractivity contribution in [1.29, 1.82) is 5.41 Å². The third-order valence-electron chi connectivity index (χ3n) is 0.293. The van der Waals surface area contributed by atoms with Crippen molar-refractivity contribution in [2.75, 3.05) is 6.67 Å². The number of amidine groups is 1. The third-order valence-corrected chi connectivity index (χ3v) is 0.293. The van der Waals surface area contributed by atoms with E-state index in [9.17, 15) is 0 Å². The molecule has 0 aromatic rings. The molecule has 0 aromatic heterocycles. The maximum atomic E-state index is 6.14. The molecule has 0 aromatic carbocycles.